The third-order valence-electron chi connectivity index (χ3n) is 3.20. The molecule has 124 valence electrons. The van der Waals surface area contributed by atoms with Gasteiger partial charge in [0, 0.05) is 36.6 Å². The molecule has 0 aliphatic heterocycles. The summed E-state index contributed by atoms with van der Waals surface area (Å²) in [5, 5.41) is 10.1. The zero-order valence-corrected chi connectivity index (χ0v) is 13.3. The molecule has 2 aromatic heterocycles. The van der Waals surface area contributed by atoms with E-state index in [2.05, 4.69) is 25.7 Å². The number of aryl methyl sites for hydroxylation is 1. The maximum absolute atomic E-state index is 13.8. The van der Waals surface area contributed by atoms with Crippen LogP contribution in [0, 0.1) is 11.6 Å². The number of anilines is 3. The zero-order valence-electron chi connectivity index (χ0n) is 12.6. The van der Waals surface area contributed by atoms with E-state index >= 15 is 0 Å². The van der Waals surface area contributed by atoms with E-state index in [0.29, 0.717) is 11.8 Å². The molecule has 0 spiro atoms. The standard InChI is InChI=1S/C15H13ClF2N6/c1-24-8-9(6-21-24)22-15-19-5-4-13(23-15)20-7-10-11(16)2-3-12(17)14(10)18/h2-6,8H,7H2,1H3,(H2,19,20,22,23). The predicted octanol–water partition coefficient (Wildman–Crippen LogP) is 3.50. The van der Waals surface area contributed by atoms with Crippen molar-refractivity contribution in [2.45, 2.75) is 6.54 Å². The van der Waals surface area contributed by atoms with Gasteiger partial charge in [-0.25, -0.2) is 13.8 Å². The molecule has 3 rings (SSSR count). The Hall–Kier alpha value is -2.74. The molecule has 0 aliphatic rings. The van der Waals surface area contributed by atoms with Crippen molar-refractivity contribution in [3.05, 3.63) is 59.0 Å². The van der Waals surface area contributed by atoms with Crippen molar-refractivity contribution in [1.82, 2.24) is 19.7 Å². The topological polar surface area (TPSA) is 67.7 Å². The Morgan fingerprint density at radius 2 is 2.08 bits per heavy atom. The molecule has 0 saturated carbocycles. The summed E-state index contributed by atoms with van der Waals surface area (Å²) in [7, 11) is 1.79. The number of nitrogens with zero attached hydrogens (tertiary/aromatic N) is 4. The van der Waals surface area contributed by atoms with E-state index in [1.807, 2.05) is 0 Å². The average Bonchev–Trinajstić information content (AvgIpc) is 2.96. The molecule has 0 saturated heterocycles. The molecule has 0 amide bonds. The van der Waals surface area contributed by atoms with E-state index in [-0.39, 0.29) is 17.1 Å². The predicted molar refractivity (Wildman–Crippen MR) is 87.2 cm³/mol. The fraction of sp³-hybridized carbons (Fsp3) is 0.133. The quantitative estimate of drug-likeness (QED) is 0.689. The SMILES string of the molecule is Cn1cc(Nc2nccc(NCc3c(Cl)ccc(F)c3F)n2)cn1. The van der Waals surface area contributed by atoms with Gasteiger partial charge in [-0.2, -0.15) is 10.1 Å². The summed E-state index contributed by atoms with van der Waals surface area (Å²) in [5.74, 6) is -1.13. The Morgan fingerprint density at radius 3 is 2.83 bits per heavy atom. The van der Waals surface area contributed by atoms with Gasteiger partial charge in [0.15, 0.2) is 11.6 Å². The van der Waals surface area contributed by atoms with Crippen molar-refractivity contribution < 1.29 is 8.78 Å². The second-order valence-corrected chi connectivity index (χ2v) is 5.38. The minimum absolute atomic E-state index is 0.00816. The summed E-state index contributed by atoms with van der Waals surface area (Å²) in [4.78, 5) is 8.33. The highest BCUT2D eigenvalue weighted by Crippen LogP contribution is 2.22. The fourth-order valence-electron chi connectivity index (χ4n) is 2.04. The number of halogens is 3. The Morgan fingerprint density at radius 1 is 1.25 bits per heavy atom. The van der Waals surface area contributed by atoms with E-state index in [4.69, 9.17) is 11.6 Å². The molecule has 3 aromatic rings. The molecule has 24 heavy (non-hydrogen) atoms. The first-order chi connectivity index (χ1) is 11.5. The minimum atomic E-state index is -0.974. The summed E-state index contributed by atoms with van der Waals surface area (Å²) < 4.78 is 28.7. The summed E-state index contributed by atoms with van der Waals surface area (Å²) in [6, 6.07) is 3.91. The highest BCUT2D eigenvalue weighted by molar-refractivity contribution is 6.31. The molecule has 0 unspecified atom stereocenters. The highest BCUT2D eigenvalue weighted by atomic mass is 35.5. The van der Waals surface area contributed by atoms with Crippen LogP contribution in [0.3, 0.4) is 0 Å². The van der Waals surface area contributed by atoms with Crippen molar-refractivity contribution in [3.63, 3.8) is 0 Å². The van der Waals surface area contributed by atoms with Crippen LogP contribution in [-0.2, 0) is 13.6 Å². The smallest absolute Gasteiger partial charge is 0.229 e. The maximum Gasteiger partial charge on any atom is 0.229 e. The number of aromatic nitrogens is 4. The first-order valence-corrected chi connectivity index (χ1v) is 7.35. The molecular formula is C15H13ClF2N6. The fourth-order valence-corrected chi connectivity index (χ4v) is 2.26. The monoisotopic (exact) mass is 350 g/mol. The van der Waals surface area contributed by atoms with Crippen LogP contribution in [0.5, 0.6) is 0 Å². The molecule has 6 nitrogen and oxygen atoms in total. The van der Waals surface area contributed by atoms with Crippen LogP contribution in [-0.4, -0.2) is 19.7 Å². The van der Waals surface area contributed by atoms with Crippen LogP contribution in [0.4, 0.5) is 26.2 Å². The lowest BCUT2D eigenvalue weighted by Gasteiger charge is -2.10. The summed E-state index contributed by atoms with van der Waals surface area (Å²) in [5.41, 5.74) is 0.769. The molecule has 0 atom stereocenters. The molecule has 0 aliphatic carbocycles. The van der Waals surface area contributed by atoms with Crippen LogP contribution in [0.1, 0.15) is 5.56 Å². The second kappa shape index (κ2) is 6.79. The van der Waals surface area contributed by atoms with Gasteiger partial charge >= 0.3 is 0 Å². The van der Waals surface area contributed by atoms with E-state index in [0.717, 1.165) is 11.8 Å². The Bertz CT molecular complexity index is 867. The summed E-state index contributed by atoms with van der Waals surface area (Å²) in [6.45, 7) is -0.00816. The van der Waals surface area contributed by atoms with Gasteiger partial charge in [-0.05, 0) is 18.2 Å². The van der Waals surface area contributed by atoms with Crippen molar-refractivity contribution >= 4 is 29.1 Å². The molecular weight excluding hydrogens is 338 g/mol. The maximum atomic E-state index is 13.8. The van der Waals surface area contributed by atoms with Crippen LogP contribution < -0.4 is 10.6 Å². The second-order valence-electron chi connectivity index (χ2n) is 4.97. The van der Waals surface area contributed by atoms with Gasteiger partial charge in [0.25, 0.3) is 0 Å². The number of hydrogen-bond donors (Lipinski definition) is 2. The zero-order chi connectivity index (χ0) is 17.1. The van der Waals surface area contributed by atoms with Gasteiger partial charge in [0.2, 0.25) is 5.95 Å². The number of benzene rings is 1. The minimum Gasteiger partial charge on any atom is -0.366 e. The van der Waals surface area contributed by atoms with Crippen molar-refractivity contribution in [3.8, 4) is 0 Å². The van der Waals surface area contributed by atoms with Crippen molar-refractivity contribution in [1.29, 1.82) is 0 Å². The molecule has 0 bridgehead atoms. The lowest BCUT2D eigenvalue weighted by Crippen LogP contribution is -2.07. The molecule has 1 aromatic carbocycles. The molecule has 2 N–H and O–H groups in total. The van der Waals surface area contributed by atoms with Crippen LogP contribution in [0.15, 0.2) is 36.8 Å². The van der Waals surface area contributed by atoms with Crippen LogP contribution in [0.25, 0.3) is 0 Å². The first kappa shape index (κ1) is 16.1. The van der Waals surface area contributed by atoms with Gasteiger partial charge in [-0.15, -0.1) is 0 Å². The van der Waals surface area contributed by atoms with Gasteiger partial charge in [-0.3, -0.25) is 4.68 Å². The Balaban J connectivity index is 1.72. The summed E-state index contributed by atoms with van der Waals surface area (Å²) >= 11 is 5.91. The first-order valence-electron chi connectivity index (χ1n) is 6.98. The van der Waals surface area contributed by atoms with E-state index in [1.54, 1.807) is 30.2 Å². The van der Waals surface area contributed by atoms with Gasteiger partial charge < -0.3 is 10.6 Å². The van der Waals surface area contributed by atoms with E-state index < -0.39 is 11.6 Å². The normalized spacial score (nSPS) is 10.7. The average molecular weight is 351 g/mol. The Kier molecular flexibility index (Phi) is 4.57. The van der Waals surface area contributed by atoms with Crippen LogP contribution >= 0.6 is 11.6 Å². The third-order valence-corrected chi connectivity index (χ3v) is 3.56. The molecule has 0 radical (unpaired) electrons. The van der Waals surface area contributed by atoms with E-state index in [1.165, 1.54) is 12.3 Å². The Labute approximate surface area is 141 Å². The summed E-state index contributed by atoms with van der Waals surface area (Å²) in [6.07, 6.45) is 4.94. The van der Waals surface area contributed by atoms with Crippen LogP contribution in [0.2, 0.25) is 5.02 Å². The van der Waals surface area contributed by atoms with Gasteiger partial charge in [0.05, 0.1) is 11.9 Å². The largest absolute Gasteiger partial charge is 0.366 e. The molecule has 2 heterocycles. The van der Waals surface area contributed by atoms with Crippen molar-refractivity contribution in [2.24, 2.45) is 7.05 Å². The van der Waals surface area contributed by atoms with E-state index in [9.17, 15) is 8.78 Å². The number of nitrogens with one attached hydrogen (secondary N) is 2. The highest BCUT2D eigenvalue weighted by Gasteiger charge is 2.12. The number of rotatable bonds is 5. The van der Waals surface area contributed by atoms with Gasteiger partial charge in [0.1, 0.15) is 5.82 Å². The molecule has 0 fully saturated rings. The van der Waals surface area contributed by atoms with Gasteiger partial charge in [-0.1, -0.05) is 11.6 Å². The molecule has 9 heteroatoms. The number of hydrogen-bond acceptors (Lipinski definition) is 5. The lowest BCUT2D eigenvalue weighted by molar-refractivity contribution is 0.500. The van der Waals surface area contributed by atoms with Crippen molar-refractivity contribution in [2.75, 3.05) is 10.6 Å². The lowest BCUT2D eigenvalue weighted by atomic mass is 10.2. The third kappa shape index (κ3) is 3.60.